The summed E-state index contributed by atoms with van der Waals surface area (Å²) >= 11 is 0. The molecular formula is C33H28N4O5. The molecule has 0 saturated carbocycles. The van der Waals surface area contributed by atoms with Gasteiger partial charge in [-0.2, -0.15) is 9.78 Å². The van der Waals surface area contributed by atoms with Crippen LogP contribution in [0.3, 0.4) is 0 Å². The normalized spacial score (nSPS) is 12.3. The van der Waals surface area contributed by atoms with E-state index >= 15 is 0 Å². The minimum atomic E-state index is -0.712. The number of aryl methyl sites for hydroxylation is 1. The molecule has 3 aromatic heterocycles. The minimum absolute atomic E-state index is 0.294. The van der Waals surface area contributed by atoms with E-state index in [-0.39, 0.29) is 5.56 Å². The molecule has 0 unspecified atom stereocenters. The van der Waals surface area contributed by atoms with E-state index in [1.807, 2.05) is 68.4 Å². The Morgan fingerprint density at radius 3 is 2.50 bits per heavy atom. The van der Waals surface area contributed by atoms with Crippen LogP contribution in [0.5, 0.6) is 5.75 Å². The Kier molecular flexibility index (Phi) is 6.92. The SMILES string of the molecule is COC(=O)[C@@H](C)Oc1ccc(-n2c(C)cc(C=Nn3c(-c4cc5ccccc5o4)nc4ccccc4c3=O)c2C)cc1. The van der Waals surface area contributed by atoms with Gasteiger partial charge >= 0.3 is 5.97 Å². The average molecular weight is 561 g/mol. The maximum absolute atomic E-state index is 13.6. The predicted molar refractivity (Wildman–Crippen MR) is 162 cm³/mol. The number of para-hydroxylation sites is 2. The van der Waals surface area contributed by atoms with Crippen molar-refractivity contribution in [2.75, 3.05) is 7.11 Å². The van der Waals surface area contributed by atoms with Gasteiger partial charge in [0.1, 0.15) is 11.3 Å². The molecule has 1 atom stereocenters. The number of nitrogens with zero attached hydrogens (tertiary/aromatic N) is 4. The maximum atomic E-state index is 13.6. The monoisotopic (exact) mass is 560 g/mol. The molecule has 6 rings (SSSR count). The summed E-state index contributed by atoms with van der Waals surface area (Å²) in [6, 6.07) is 26.2. The molecule has 0 fully saturated rings. The standard InChI is InChI=1S/C33H28N4O5/c1-20-17-24(21(2)36(20)25-13-15-26(16-14-25)41-22(3)33(39)40-4)19-34-37-31(30-18-23-9-5-8-12-29(23)42-30)35-28-11-7-6-10-27(28)32(37)38/h5-19,22H,1-4H3/t22-/m1/s1. The smallest absolute Gasteiger partial charge is 0.346 e. The Balaban J connectivity index is 1.38. The molecule has 0 radical (unpaired) electrons. The number of carbonyl (C=O) groups excluding carboxylic acids is 1. The Labute approximate surface area is 241 Å². The van der Waals surface area contributed by atoms with Gasteiger partial charge in [0, 0.05) is 28.0 Å². The lowest BCUT2D eigenvalue weighted by atomic mass is 10.2. The fourth-order valence-electron chi connectivity index (χ4n) is 5.01. The van der Waals surface area contributed by atoms with Gasteiger partial charge in [0.15, 0.2) is 11.9 Å². The average Bonchev–Trinajstić information content (AvgIpc) is 3.56. The quantitative estimate of drug-likeness (QED) is 0.174. The summed E-state index contributed by atoms with van der Waals surface area (Å²) in [4.78, 5) is 30.1. The van der Waals surface area contributed by atoms with E-state index < -0.39 is 12.1 Å². The molecule has 0 aliphatic rings. The van der Waals surface area contributed by atoms with Crippen molar-refractivity contribution < 1.29 is 18.7 Å². The third-order valence-corrected chi connectivity index (χ3v) is 7.12. The second kappa shape index (κ2) is 10.9. The Bertz CT molecular complexity index is 2000. The van der Waals surface area contributed by atoms with Crippen LogP contribution in [0.4, 0.5) is 0 Å². The van der Waals surface area contributed by atoms with Crippen molar-refractivity contribution >= 4 is 34.1 Å². The number of hydrogen-bond acceptors (Lipinski definition) is 7. The molecule has 0 aliphatic heterocycles. The first kappa shape index (κ1) is 26.8. The number of rotatable bonds is 7. The highest BCUT2D eigenvalue weighted by Gasteiger charge is 2.18. The van der Waals surface area contributed by atoms with E-state index in [4.69, 9.17) is 18.9 Å². The molecule has 9 nitrogen and oxygen atoms in total. The van der Waals surface area contributed by atoms with E-state index in [1.54, 1.807) is 43.5 Å². The first-order chi connectivity index (χ1) is 20.3. The summed E-state index contributed by atoms with van der Waals surface area (Å²) in [6.07, 6.45) is 0.953. The molecule has 42 heavy (non-hydrogen) atoms. The molecule has 0 aliphatic carbocycles. The van der Waals surface area contributed by atoms with Gasteiger partial charge in [0.25, 0.3) is 5.56 Å². The van der Waals surface area contributed by atoms with Crippen molar-refractivity contribution in [3.05, 3.63) is 112 Å². The number of methoxy groups -OCH3 is 1. The third kappa shape index (κ3) is 4.85. The van der Waals surface area contributed by atoms with E-state index in [0.29, 0.717) is 33.8 Å². The van der Waals surface area contributed by atoms with Gasteiger partial charge in [-0.15, -0.1) is 0 Å². The molecule has 210 valence electrons. The number of fused-ring (bicyclic) bond motifs is 2. The van der Waals surface area contributed by atoms with Gasteiger partial charge in [0.2, 0.25) is 5.82 Å². The number of benzene rings is 3. The summed E-state index contributed by atoms with van der Waals surface area (Å²) in [5.41, 5.74) is 4.63. The summed E-state index contributed by atoms with van der Waals surface area (Å²) in [5.74, 6) is 0.883. The van der Waals surface area contributed by atoms with Gasteiger partial charge in [0.05, 0.1) is 24.2 Å². The molecule has 0 amide bonds. The van der Waals surface area contributed by atoms with Crippen LogP contribution in [-0.2, 0) is 9.53 Å². The Morgan fingerprint density at radius 2 is 1.74 bits per heavy atom. The predicted octanol–water partition coefficient (Wildman–Crippen LogP) is 6.04. The zero-order chi connectivity index (χ0) is 29.4. The van der Waals surface area contributed by atoms with Crippen LogP contribution >= 0.6 is 0 Å². The molecule has 0 N–H and O–H groups in total. The van der Waals surface area contributed by atoms with E-state index in [2.05, 4.69) is 9.67 Å². The van der Waals surface area contributed by atoms with Crippen LogP contribution in [0.2, 0.25) is 0 Å². The van der Waals surface area contributed by atoms with Crippen LogP contribution in [0.15, 0.2) is 99.2 Å². The lowest BCUT2D eigenvalue weighted by Gasteiger charge is -2.14. The van der Waals surface area contributed by atoms with Crippen LogP contribution < -0.4 is 10.3 Å². The van der Waals surface area contributed by atoms with Gasteiger partial charge in [-0.05, 0) is 75.4 Å². The van der Waals surface area contributed by atoms with Gasteiger partial charge in [-0.1, -0.05) is 30.3 Å². The summed E-state index contributed by atoms with van der Waals surface area (Å²) in [6.45, 7) is 5.62. The first-order valence-corrected chi connectivity index (χ1v) is 13.4. The molecule has 3 heterocycles. The van der Waals surface area contributed by atoms with Gasteiger partial charge in [-0.3, -0.25) is 4.79 Å². The van der Waals surface area contributed by atoms with Gasteiger partial charge in [-0.25, -0.2) is 9.78 Å². The number of hydrogen-bond donors (Lipinski definition) is 0. The van der Waals surface area contributed by atoms with Crippen molar-refractivity contribution in [1.29, 1.82) is 0 Å². The van der Waals surface area contributed by atoms with Crippen molar-refractivity contribution in [3.8, 4) is 23.0 Å². The second-order valence-corrected chi connectivity index (χ2v) is 9.90. The topological polar surface area (TPSA) is 101 Å². The second-order valence-electron chi connectivity index (χ2n) is 9.90. The van der Waals surface area contributed by atoms with Crippen molar-refractivity contribution in [1.82, 2.24) is 14.2 Å². The van der Waals surface area contributed by atoms with Gasteiger partial charge < -0.3 is 18.5 Å². The fraction of sp³-hybridized carbons (Fsp3) is 0.152. The number of esters is 1. The number of aromatic nitrogens is 3. The summed E-state index contributed by atoms with van der Waals surface area (Å²) in [5, 5.41) is 6.00. The highest BCUT2D eigenvalue weighted by atomic mass is 16.6. The van der Waals surface area contributed by atoms with E-state index in [9.17, 15) is 9.59 Å². The van der Waals surface area contributed by atoms with Crippen molar-refractivity contribution in [2.24, 2.45) is 5.10 Å². The molecule has 0 spiro atoms. The van der Waals surface area contributed by atoms with Crippen LogP contribution in [0.1, 0.15) is 23.9 Å². The maximum Gasteiger partial charge on any atom is 0.346 e. The largest absolute Gasteiger partial charge is 0.479 e. The highest BCUT2D eigenvalue weighted by Crippen LogP contribution is 2.27. The molecule has 0 saturated heterocycles. The number of carbonyl (C=O) groups is 1. The van der Waals surface area contributed by atoms with Crippen LogP contribution in [-0.4, -0.2) is 39.6 Å². The van der Waals surface area contributed by atoms with Crippen molar-refractivity contribution in [3.63, 3.8) is 0 Å². The molecule has 0 bridgehead atoms. The summed E-state index contributed by atoms with van der Waals surface area (Å²) < 4.78 is 19.8. The molecule has 3 aromatic carbocycles. The van der Waals surface area contributed by atoms with E-state index in [0.717, 1.165) is 28.0 Å². The number of furan rings is 1. The highest BCUT2D eigenvalue weighted by molar-refractivity contribution is 5.85. The Hall–Kier alpha value is -5.44. The van der Waals surface area contributed by atoms with Crippen LogP contribution in [0, 0.1) is 13.8 Å². The first-order valence-electron chi connectivity index (χ1n) is 13.4. The zero-order valence-corrected chi connectivity index (χ0v) is 23.6. The van der Waals surface area contributed by atoms with E-state index in [1.165, 1.54) is 11.8 Å². The van der Waals surface area contributed by atoms with Crippen molar-refractivity contribution in [2.45, 2.75) is 26.9 Å². The van der Waals surface area contributed by atoms with Crippen LogP contribution in [0.25, 0.3) is 39.1 Å². The molecule has 9 heteroatoms. The third-order valence-electron chi connectivity index (χ3n) is 7.12. The minimum Gasteiger partial charge on any atom is -0.479 e. The lowest BCUT2D eigenvalue weighted by Crippen LogP contribution is -2.24. The Morgan fingerprint density at radius 1 is 1.00 bits per heavy atom. The summed E-state index contributed by atoms with van der Waals surface area (Å²) in [7, 11) is 1.33. The number of ether oxygens (including phenoxy) is 2. The lowest BCUT2D eigenvalue weighted by molar-refractivity contribution is -0.147. The molecule has 6 aromatic rings. The zero-order valence-electron chi connectivity index (χ0n) is 23.6. The fourth-order valence-corrected chi connectivity index (χ4v) is 5.01. The molecular weight excluding hydrogens is 532 g/mol.